The summed E-state index contributed by atoms with van der Waals surface area (Å²) in [7, 11) is -7.50. The van der Waals surface area contributed by atoms with Gasteiger partial charge in [0.1, 0.15) is 0 Å². The largest absolute Gasteiger partial charge is 0.270 e. The summed E-state index contributed by atoms with van der Waals surface area (Å²) in [4.78, 5) is 10.7. The van der Waals surface area contributed by atoms with Gasteiger partial charge in [-0.05, 0) is 23.9 Å². The Hall–Kier alpha value is -1.82. The van der Waals surface area contributed by atoms with Crippen molar-refractivity contribution in [2.45, 2.75) is 16.6 Å². The van der Waals surface area contributed by atoms with Gasteiger partial charge < -0.3 is 0 Å². The molecule has 140 valence electrons. The normalized spacial score (nSPS) is 21.2. The molecule has 2 heterocycles. The fourth-order valence-corrected chi connectivity index (χ4v) is 7.48. The Morgan fingerprint density at radius 2 is 1.96 bits per heavy atom. The fourth-order valence-electron chi connectivity index (χ4n) is 2.86. The third-order valence-corrected chi connectivity index (χ3v) is 9.36. The van der Waals surface area contributed by atoms with Crippen molar-refractivity contribution in [1.82, 2.24) is 4.31 Å². The molecule has 1 aliphatic rings. The Morgan fingerprint density at radius 3 is 2.62 bits per heavy atom. The van der Waals surface area contributed by atoms with Crippen molar-refractivity contribution >= 4 is 36.9 Å². The summed E-state index contributed by atoms with van der Waals surface area (Å²) >= 11 is 1.33. The SMILES string of the molecule is O=[N+]([O-])c1cccc(S(=O)(=O)N2CCC(c3cccs3)S(=O)(=O)CC2)c1. The first kappa shape index (κ1) is 19.0. The Bertz CT molecular complexity index is 1020. The van der Waals surface area contributed by atoms with Crippen molar-refractivity contribution < 1.29 is 21.8 Å². The van der Waals surface area contributed by atoms with E-state index in [9.17, 15) is 26.9 Å². The van der Waals surface area contributed by atoms with E-state index in [2.05, 4.69) is 0 Å². The predicted molar refractivity (Wildman–Crippen MR) is 97.3 cm³/mol. The van der Waals surface area contributed by atoms with Gasteiger partial charge in [-0.15, -0.1) is 11.3 Å². The van der Waals surface area contributed by atoms with Gasteiger partial charge in [-0.1, -0.05) is 12.1 Å². The zero-order valence-corrected chi connectivity index (χ0v) is 16.0. The summed E-state index contributed by atoms with van der Waals surface area (Å²) in [5.41, 5.74) is -0.329. The summed E-state index contributed by atoms with van der Waals surface area (Å²) < 4.78 is 51.9. The number of sulfone groups is 1. The van der Waals surface area contributed by atoms with E-state index in [1.165, 1.54) is 29.5 Å². The highest BCUT2D eigenvalue weighted by Crippen LogP contribution is 2.33. The van der Waals surface area contributed by atoms with E-state index in [0.717, 1.165) is 10.4 Å². The number of hydrogen-bond acceptors (Lipinski definition) is 7. The maximum absolute atomic E-state index is 12.8. The molecule has 0 N–H and O–H groups in total. The smallest absolute Gasteiger partial charge is 0.258 e. The Morgan fingerprint density at radius 1 is 1.19 bits per heavy atom. The first-order valence-electron chi connectivity index (χ1n) is 7.71. The molecule has 1 aromatic carbocycles. The van der Waals surface area contributed by atoms with Crippen molar-refractivity contribution in [3.63, 3.8) is 0 Å². The molecule has 11 heteroatoms. The number of benzene rings is 1. The van der Waals surface area contributed by atoms with Gasteiger partial charge >= 0.3 is 0 Å². The van der Waals surface area contributed by atoms with E-state index in [1.54, 1.807) is 17.5 Å². The Kier molecular flexibility index (Phi) is 5.15. The summed E-state index contributed by atoms with van der Waals surface area (Å²) in [5.74, 6) is -0.288. The standard InChI is InChI=1S/C15H16N2O6S3/c18-17(19)12-3-1-4-13(11-12)26(22,23)16-7-6-15(14-5-2-9-24-14)25(20,21)10-8-16/h1-5,9,11,15H,6-8,10H2. The van der Waals surface area contributed by atoms with Crippen molar-refractivity contribution in [1.29, 1.82) is 0 Å². The molecular weight excluding hydrogens is 400 g/mol. The predicted octanol–water partition coefficient (Wildman–Crippen LogP) is 2.21. The van der Waals surface area contributed by atoms with Crippen molar-refractivity contribution in [2.75, 3.05) is 18.8 Å². The van der Waals surface area contributed by atoms with Crippen LogP contribution < -0.4 is 0 Å². The Balaban J connectivity index is 1.91. The van der Waals surface area contributed by atoms with E-state index >= 15 is 0 Å². The molecule has 0 aliphatic carbocycles. The molecule has 1 aromatic heterocycles. The zero-order valence-electron chi connectivity index (χ0n) is 13.5. The molecule has 0 bridgehead atoms. The van der Waals surface area contributed by atoms with E-state index in [4.69, 9.17) is 0 Å². The Labute approximate surface area is 155 Å². The van der Waals surface area contributed by atoms with Crippen LogP contribution in [-0.4, -0.2) is 44.9 Å². The van der Waals surface area contributed by atoms with Crippen LogP contribution in [0.1, 0.15) is 16.5 Å². The summed E-state index contributed by atoms with van der Waals surface area (Å²) in [6.07, 6.45) is 0.150. The molecule has 0 saturated carbocycles. The van der Waals surface area contributed by atoms with Crippen LogP contribution >= 0.6 is 11.3 Å². The van der Waals surface area contributed by atoms with Crippen LogP contribution in [0.2, 0.25) is 0 Å². The molecule has 8 nitrogen and oxygen atoms in total. The number of sulfonamides is 1. The molecule has 1 unspecified atom stereocenters. The molecule has 1 aliphatic heterocycles. The lowest BCUT2D eigenvalue weighted by Gasteiger charge is -2.19. The first-order chi connectivity index (χ1) is 12.2. The van der Waals surface area contributed by atoms with Crippen LogP contribution in [-0.2, 0) is 19.9 Å². The van der Waals surface area contributed by atoms with Crippen LogP contribution in [0.15, 0.2) is 46.7 Å². The van der Waals surface area contributed by atoms with Gasteiger partial charge in [-0.2, -0.15) is 4.31 Å². The third-order valence-electron chi connectivity index (χ3n) is 4.23. The van der Waals surface area contributed by atoms with Crippen molar-refractivity contribution in [2.24, 2.45) is 0 Å². The van der Waals surface area contributed by atoms with Gasteiger partial charge in [0.05, 0.1) is 20.8 Å². The van der Waals surface area contributed by atoms with Crippen LogP contribution in [0.3, 0.4) is 0 Å². The van der Waals surface area contributed by atoms with Gasteiger partial charge in [0.25, 0.3) is 5.69 Å². The lowest BCUT2D eigenvalue weighted by Crippen LogP contribution is -2.33. The van der Waals surface area contributed by atoms with Crippen LogP contribution in [0.25, 0.3) is 0 Å². The topological polar surface area (TPSA) is 115 Å². The number of non-ortho nitro benzene ring substituents is 1. The average Bonchev–Trinajstić information content (AvgIpc) is 3.06. The molecule has 1 fully saturated rings. The van der Waals surface area contributed by atoms with E-state index < -0.39 is 30.0 Å². The van der Waals surface area contributed by atoms with Gasteiger partial charge in [-0.3, -0.25) is 10.1 Å². The van der Waals surface area contributed by atoms with Crippen molar-refractivity contribution in [3.8, 4) is 0 Å². The second kappa shape index (κ2) is 7.06. The van der Waals surface area contributed by atoms with E-state index in [-0.39, 0.29) is 35.8 Å². The number of thiophene rings is 1. The van der Waals surface area contributed by atoms with E-state index in [1.807, 2.05) is 0 Å². The minimum atomic E-state index is -4.02. The molecule has 3 rings (SSSR count). The molecule has 0 radical (unpaired) electrons. The summed E-state index contributed by atoms with van der Waals surface area (Å²) in [6.45, 7) is -0.137. The molecule has 2 aromatic rings. The fraction of sp³-hybridized carbons (Fsp3) is 0.333. The molecule has 1 atom stereocenters. The van der Waals surface area contributed by atoms with Gasteiger partial charge in [0, 0.05) is 30.1 Å². The lowest BCUT2D eigenvalue weighted by atomic mass is 10.2. The first-order valence-corrected chi connectivity index (χ1v) is 11.7. The van der Waals surface area contributed by atoms with Crippen molar-refractivity contribution in [3.05, 3.63) is 56.8 Å². The van der Waals surface area contributed by atoms with E-state index in [0.29, 0.717) is 4.88 Å². The maximum Gasteiger partial charge on any atom is 0.270 e. The number of nitro groups is 1. The molecule has 26 heavy (non-hydrogen) atoms. The van der Waals surface area contributed by atoms with Gasteiger partial charge in [0.2, 0.25) is 10.0 Å². The second-order valence-electron chi connectivity index (χ2n) is 5.82. The highest BCUT2D eigenvalue weighted by atomic mass is 32.2. The highest BCUT2D eigenvalue weighted by Gasteiger charge is 2.36. The number of nitro benzene ring substituents is 1. The summed E-state index contributed by atoms with van der Waals surface area (Å²) in [5, 5.41) is 11.9. The van der Waals surface area contributed by atoms with Crippen LogP contribution in [0.4, 0.5) is 5.69 Å². The minimum absolute atomic E-state index is 0.0345. The van der Waals surface area contributed by atoms with Gasteiger partial charge in [0.15, 0.2) is 9.84 Å². The van der Waals surface area contributed by atoms with Crippen LogP contribution in [0, 0.1) is 10.1 Å². The van der Waals surface area contributed by atoms with Gasteiger partial charge in [-0.25, -0.2) is 16.8 Å². The molecule has 0 amide bonds. The number of hydrogen-bond donors (Lipinski definition) is 0. The van der Waals surface area contributed by atoms with Crippen LogP contribution in [0.5, 0.6) is 0 Å². The second-order valence-corrected chi connectivity index (χ2v) is 11.0. The zero-order chi connectivity index (χ0) is 18.9. The molecule has 0 spiro atoms. The quantitative estimate of drug-likeness (QED) is 0.557. The third kappa shape index (κ3) is 3.65. The highest BCUT2D eigenvalue weighted by molar-refractivity contribution is 7.92. The molecular formula is C15H16N2O6S3. The molecule has 1 saturated heterocycles. The lowest BCUT2D eigenvalue weighted by molar-refractivity contribution is -0.385. The monoisotopic (exact) mass is 416 g/mol. The number of nitrogens with zero attached hydrogens (tertiary/aromatic N) is 2. The number of rotatable bonds is 4. The minimum Gasteiger partial charge on any atom is -0.258 e. The average molecular weight is 417 g/mol. The maximum atomic E-state index is 12.8. The summed E-state index contributed by atoms with van der Waals surface area (Å²) in [6, 6.07) is 8.27.